The van der Waals surface area contributed by atoms with Gasteiger partial charge in [-0.2, -0.15) is 0 Å². The summed E-state index contributed by atoms with van der Waals surface area (Å²) in [4.78, 5) is 12.5. The fourth-order valence-corrected chi connectivity index (χ4v) is 3.78. The van der Waals surface area contributed by atoms with E-state index in [-0.39, 0.29) is 0 Å². The Hall–Kier alpha value is -2.09. The molecule has 2 nitrogen and oxygen atoms in total. The summed E-state index contributed by atoms with van der Waals surface area (Å²) >= 11 is 0. The molecule has 0 radical (unpaired) electrons. The second kappa shape index (κ2) is 10.8. The molecule has 0 atom stereocenters. The predicted octanol–water partition coefficient (Wildman–Crippen LogP) is 6.59. The summed E-state index contributed by atoms with van der Waals surface area (Å²) in [7, 11) is 0. The molecule has 0 heterocycles. The van der Waals surface area contributed by atoms with Crippen LogP contribution in [-0.4, -0.2) is 11.1 Å². The number of carboxylic acid groups (broad SMARTS) is 1. The number of carbonyl (C=O) groups is 1. The SMILES string of the molecule is CCCCCCCCCCC(C(=O)O)(c1ccccc1)c1ccccc1. The molecule has 0 bridgehead atoms. The van der Waals surface area contributed by atoms with Crippen LogP contribution in [0.2, 0.25) is 0 Å². The zero-order chi connectivity index (χ0) is 18.7. The predicted molar refractivity (Wildman–Crippen MR) is 109 cm³/mol. The van der Waals surface area contributed by atoms with Crippen LogP contribution in [0.25, 0.3) is 0 Å². The van der Waals surface area contributed by atoms with Crippen LogP contribution in [-0.2, 0) is 10.2 Å². The quantitative estimate of drug-likeness (QED) is 0.438. The molecule has 0 saturated carbocycles. The lowest BCUT2D eigenvalue weighted by Gasteiger charge is -2.31. The van der Waals surface area contributed by atoms with Gasteiger partial charge in [0.25, 0.3) is 0 Å². The minimum Gasteiger partial charge on any atom is -0.480 e. The Kier molecular flexibility index (Phi) is 8.40. The second-order valence-electron chi connectivity index (χ2n) is 7.17. The van der Waals surface area contributed by atoms with Crippen LogP contribution in [0.5, 0.6) is 0 Å². The smallest absolute Gasteiger partial charge is 0.318 e. The molecule has 2 aromatic rings. The van der Waals surface area contributed by atoms with Crippen molar-refractivity contribution in [3.05, 3.63) is 71.8 Å². The van der Waals surface area contributed by atoms with Crippen molar-refractivity contribution in [2.75, 3.05) is 0 Å². The Morgan fingerprint density at radius 2 is 1.15 bits per heavy atom. The maximum atomic E-state index is 12.5. The van der Waals surface area contributed by atoms with Crippen molar-refractivity contribution < 1.29 is 9.90 Å². The van der Waals surface area contributed by atoms with Crippen molar-refractivity contribution in [1.29, 1.82) is 0 Å². The summed E-state index contributed by atoms with van der Waals surface area (Å²) in [6, 6.07) is 19.4. The molecule has 0 amide bonds. The van der Waals surface area contributed by atoms with Crippen molar-refractivity contribution in [3.8, 4) is 0 Å². The highest BCUT2D eigenvalue weighted by Crippen LogP contribution is 2.38. The molecule has 0 spiro atoms. The van der Waals surface area contributed by atoms with Crippen LogP contribution in [0.4, 0.5) is 0 Å². The molecular weight excluding hydrogens is 320 g/mol. The zero-order valence-electron chi connectivity index (χ0n) is 16.0. The lowest BCUT2D eigenvalue weighted by molar-refractivity contribution is -0.142. The number of carboxylic acids is 1. The van der Waals surface area contributed by atoms with Gasteiger partial charge in [-0.1, -0.05) is 119 Å². The average Bonchev–Trinajstić information content (AvgIpc) is 2.68. The standard InChI is InChI=1S/C24H32O2/c1-2-3-4-5-6-7-8-15-20-24(23(25)26,21-16-11-9-12-17-21)22-18-13-10-14-19-22/h9-14,16-19H,2-8,15,20H2,1H3,(H,25,26). The van der Waals surface area contributed by atoms with E-state index < -0.39 is 11.4 Å². The van der Waals surface area contributed by atoms with Gasteiger partial charge in [-0.3, -0.25) is 4.79 Å². The van der Waals surface area contributed by atoms with Crippen LogP contribution in [0.1, 0.15) is 75.8 Å². The third kappa shape index (κ3) is 5.20. The summed E-state index contributed by atoms with van der Waals surface area (Å²) in [6.45, 7) is 2.23. The largest absolute Gasteiger partial charge is 0.480 e. The van der Waals surface area contributed by atoms with Gasteiger partial charge >= 0.3 is 5.97 Å². The Bertz CT molecular complexity index is 594. The molecule has 2 heteroatoms. The van der Waals surface area contributed by atoms with Crippen LogP contribution in [0.3, 0.4) is 0 Å². The van der Waals surface area contributed by atoms with Crippen LogP contribution < -0.4 is 0 Å². The summed E-state index contributed by atoms with van der Waals surface area (Å²) in [6.07, 6.45) is 10.4. The summed E-state index contributed by atoms with van der Waals surface area (Å²) in [5, 5.41) is 10.2. The Morgan fingerprint density at radius 1 is 0.731 bits per heavy atom. The van der Waals surface area contributed by atoms with Gasteiger partial charge in [0.2, 0.25) is 0 Å². The fraction of sp³-hybridized carbons (Fsp3) is 0.458. The van der Waals surface area contributed by atoms with E-state index in [2.05, 4.69) is 6.92 Å². The van der Waals surface area contributed by atoms with E-state index in [4.69, 9.17) is 0 Å². The first-order chi connectivity index (χ1) is 12.7. The number of unbranched alkanes of at least 4 members (excludes halogenated alkanes) is 7. The lowest BCUT2D eigenvalue weighted by atomic mass is 9.71. The molecule has 0 saturated heterocycles. The minimum absolute atomic E-state index is 0.644. The van der Waals surface area contributed by atoms with Gasteiger partial charge in [0.1, 0.15) is 5.41 Å². The highest BCUT2D eigenvalue weighted by Gasteiger charge is 2.41. The summed E-state index contributed by atoms with van der Waals surface area (Å²) in [5.74, 6) is -0.752. The first-order valence-electron chi connectivity index (χ1n) is 10.1. The third-order valence-electron chi connectivity index (χ3n) is 5.30. The Morgan fingerprint density at radius 3 is 1.58 bits per heavy atom. The topological polar surface area (TPSA) is 37.3 Å². The molecule has 0 aliphatic rings. The van der Waals surface area contributed by atoms with Crippen molar-refractivity contribution in [1.82, 2.24) is 0 Å². The molecule has 140 valence electrons. The zero-order valence-corrected chi connectivity index (χ0v) is 16.0. The van der Waals surface area contributed by atoms with Gasteiger partial charge in [0.15, 0.2) is 0 Å². The van der Waals surface area contributed by atoms with Crippen molar-refractivity contribution in [3.63, 3.8) is 0 Å². The fourth-order valence-electron chi connectivity index (χ4n) is 3.78. The molecule has 0 unspecified atom stereocenters. The number of hydrogen-bond donors (Lipinski definition) is 1. The first kappa shape index (κ1) is 20.2. The van der Waals surface area contributed by atoms with E-state index in [1.807, 2.05) is 60.7 Å². The summed E-state index contributed by atoms with van der Waals surface area (Å²) < 4.78 is 0. The molecule has 0 aliphatic heterocycles. The van der Waals surface area contributed by atoms with E-state index in [1.54, 1.807) is 0 Å². The van der Waals surface area contributed by atoms with Crippen molar-refractivity contribution in [2.45, 2.75) is 70.1 Å². The van der Waals surface area contributed by atoms with E-state index in [9.17, 15) is 9.90 Å². The Labute approximate surface area is 158 Å². The van der Waals surface area contributed by atoms with Gasteiger partial charge < -0.3 is 5.11 Å². The minimum atomic E-state index is -0.954. The number of aliphatic carboxylic acids is 1. The van der Waals surface area contributed by atoms with E-state index in [1.165, 1.54) is 38.5 Å². The second-order valence-corrected chi connectivity index (χ2v) is 7.17. The van der Waals surface area contributed by atoms with E-state index >= 15 is 0 Å². The molecular formula is C24H32O2. The molecule has 26 heavy (non-hydrogen) atoms. The lowest BCUT2D eigenvalue weighted by Crippen LogP contribution is -2.37. The van der Waals surface area contributed by atoms with Gasteiger partial charge in [-0.15, -0.1) is 0 Å². The molecule has 0 aliphatic carbocycles. The third-order valence-corrected chi connectivity index (χ3v) is 5.30. The van der Waals surface area contributed by atoms with E-state index in [0.717, 1.165) is 24.0 Å². The number of hydrogen-bond acceptors (Lipinski definition) is 1. The van der Waals surface area contributed by atoms with Gasteiger partial charge in [-0.05, 0) is 17.5 Å². The summed E-state index contributed by atoms with van der Waals surface area (Å²) in [5.41, 5.74) is 0.799. The molecule has 2 rings (SSSR count). The monoisotopic (exact) mass is 352 g/mol. The first-order valence-corrected chi connectivity index (χ1v) is 10.1. The van der Waals surface area contributed by atoms with Crippen LogP contribution in [0, 0.1) is 0 Å². The molecule has 1 N–H and O–H groups in total. The molecule has 0 aromatic heterocycles. The maximum Gasteiger partial charge on any atom is 0.318 e. The number of rotatable bonds is 12. The Balaban J connectivity index is 2.08. The van der Waals surface area contributed by atoms with Gasteiger partial charge in [-0.25, -0.2) is 0 Å². The highest BCUT2D eigenvalue weighted by atomic mass is 16.4. The van der Waals surface area contributed by atoms with Crippen molar-refractivity contribution >= 4 is 5.97 Å². The van der Waals surface area contributed by atoms with Crippen LogP contribution in [0.15, 0.2) is 60.7 Å². The van der Waals surface area contributed by atoms with Gasteiger partial charge in [0, 0.05) is 0 Å². The van der Waals surface area contributed by atoms with Crippen LogP contribution >= 0.6 is 0 Å². The van der Waals surface area contributed by atoms with Gasteiger partial charge in [0.05, 0.1) is 0 Å². The average molecular weight is 353 g/mol. The van der Waals surface area contributed by atoms with Crippen molar-refractivity contribution in [2.24, 2.45) is 0 Å². The number of benzene rings is 2. The normalized spacial score (nSPS) is 11.4. The van der Waals surface area contributed by atoms with E-state index in [0.29, 0.717) is 6.42 Å². The molecule has 2 aromatic carbocycles. The molecule has 0 fully saturated rings. The highest BCUT2D eigenvalue weighted by molar-refractivity contribution is 5.86. The maximum absolute atomic E-state index is 12.5.